The summed E-state index contributed by atoms with van der Waals surface area (Å²) in [5.41, 5.74) is 1.23. The van der Waals surface area contributed by atoms with Gasteiger partial charge in [0.25, 0.3) is 0 Å². The summed E-state index contributed by atoms with van der Waals surface area (Å²) in [6.45, 7) is 6.93. The minimum Gasteiger partial charge on any atom is -0.310 e. The minimum atomic E-state index is -0.154. The van der Waals surface area contributed by atoms with Crippen molar-refractivity contribution in [1.82, 2.24) is 5.32 Å². The maximum Gasteiger partial charge on any atom is 0.124 e. The molecular weight excluding hydrogens is 364 g/mol. The fourth-order valence-electron chi connectivity index (χ4n) is 2.28. The fraction of sp³-hybridized carbons (Fsp3) is 0.529. The number of rotatable bonds is 10. The van der Waals surface area contributed by atoms with Crippen molar-refractivity contribution in [3.8, 4) is 0 Å². The van der Waals surface area contributed by atoms with Gasteiger partial charge in [0.05, 0.1) is 0 Å². The van der Waals surface area contributed by atoms with Crippen molar-refractivity contribution in [1.29, 1.82) is 0 Å². The molecule has 0 saturated carbocycles. The van der Waals surface area contributed by atoms with Crippen LogP contribution in [0, 0.1) is 9.39 Å². The molecule has 112 valence electrons. The second kappa shape index (κ2) is 10.3. The second-order valence-corrected chi connectivity index (χ2v) is 6.26. The standard InChI is InChI=1S/C17H25FIN/c1-3-5-6-7-8-9-17(20-12-4-2)15-11-10-14(18)13-16(15)19/h3,10-11,13,17,20H,1,4-9,12H2,2H3. The highest BCUT2D eigenvalue weighted by Crippen LogP contribution is 2.25. The van der Waals surface area contributed by atoms with Gasteiger partial charge in [-0.05, 0) is 72.5 Å². The molecule has 1 nitrogen and oxygen atoms in total. The molecule has 1 unspecified atom stereocenters. The van der Waals surface area contributed by atoms with Crippen molar-refractivity contribution in [2.24, 2.45) is 0 Å². The zero-order valence-corrected chi connectivity index (χ0v) is 14.5. The Morgan fingerprint density at radius 1 is 1.35 bits per heavy atom. The van der Waals surface area contributed by atoms with Gasteiger partial charge in [0, 0.05) is 9.61 Å². The molecule has 0 fully saturated rings. The zero-order valence-electron chi connectivity index (χ0n) is 12.3. The van der Waals surface area contributed by atoms with E-state index in [-0.39, 0.29) is 5.82 Å². The van der Waals surface area contributed by atoms with E-state index < -0.39 is 0 Å². The van der Waals surface area contributed by atoms with Crippen molar-refractivity contribution in [2.45, 2.75) is 51.5 Å². The molecule has 0 bridgehead atoms. The first-order valence-corrected chi connectivity index (χ1v) is 8.56. The minimum absolute atomic E-state index is 0.154. The van der Waals surface area contributed by atoms with E-state index in [1.165, 1.54) is 24.8 Å². The summed E-state index contributed by atoms with van der Waals surface area (Å²) in [5.74, 6) is -0.154. The lowest BCUT2D eigenvalue weighted by Gasteiger charge is -2.20. The van der Waals surface area contributed by atoms with Crippen LogP contribution in [-0.2, 0) is 0 Å². The maximum absolute atomic E-state index is 13.2. The molecule has 1 N–H and O–H groups in total. The highest BCUT2D eigenvalue weighted by Gasteiger charge is 2.13. The number of hydrogen-bond donors (Lipinski definition) is 1. The molecule has 0 spiro atoms. The quantitative estimate of drug-likeness (QED) is 0.312. The number of unbranched alkanes of at least 4 members (excludes halogenated alkanes) is 3. The number of hydrogen-bond acceptors (Lipinski definition) is 1. The van der Waals surface area contributed by atoms with Crippen LogP contribution in [0.25, 0.3) is 0 Å². The summed E-state index contributed by atoms with van der Waals surface area (Å²) >= 11 is 2.23. The van der Waals surface area contributed by atoms with Crippen molar-refractivity contribution in [3.63, 3.8) is 0 Å². The van der Waals surface area contributed by atoms with E-state index in [2.05, 4.69) is 41.4 Å². The van der Waals surface area contributed by atoms with Gasteiger partial charge in [-0.3, -0.25) is 0 Å². The number of benzene rings is 1. The van der Waals surface area contributed by atoms with Crippen LogP contribution in [0.2, 0.25) is 0 Å². The Hall–Kier alpha value is -0.420. The molecule has 0 saturated heterocycles. The molecule has 20 heavy (non-hydrogen) atoms. The van der Waals surface area contributed by atoms with Crippen LogP contribution in [0.15, 0.2) is 30.9 Å². The lowest BCUT2D eigenvalue weighted by atomic mass is 9.99. The predicted molar refractivity (Wildman–Crippen MR) is 93.4 cm³/mol. The van der Waals surface area contributed by atoms with Gasteiger partial charge in [0.1, 0.15) is 5.82 Å². The Bertz CT molecular complexity index is 406. The predicted octanol–water partition coefficient (Wildman–Crippen LogP) is 5.61. The smallest absolute Gasteiger partial charge is 0.124 e. The summed E-state index contributed by atoms with van der Waals surface area (Å²) < 4.78 is 14.2. The van der Waals surface area contributed by atoms with Gasteiger partial charge < -0.3 is 5.32 Å². The van der Waals surface area contributed by atoms with Gasteiger partial charge >= 0.3 is 0 Å². The van der Waals surface area contributed by atoms with Gasteiger partial charge in [-0.2, -0.15) is 0 Å². The van der Waals surface area contributed by atoms with Gasteiger partial charge in [-0.1, -0.05) is 31.9 Å². The van der Waals surface area contributed by atoms with Crippen LogP contribution in [-0.4, -0.2) is 6.54 Å². The monoisotopic (exact) mass is 389 g/mol. The largest absolute Gasteiger partial charge is 0.310 e. The molecule has 3 heteroatoms. The van der Waals surface area contributed by atoms with Crippen LogP contribution < -0.4 is 5.32 Å². The Kier molecular flexibility index (Phi) is 9.10. The SMILES string of the molecule is C=CCCCCCC(NCCC)c1ccc(F)cc1I. The zero-order chi connectivity index (χ0) is 14.8. The van der Waals surface area contributed by atoms with E-state index >= 15 is 0 Å². The Morgan fingerprint density at radius 2 is 2.15 bits per heavy atom. The molecule has 0 aromatic heterocycles. The third kappa shape index (κ3) is 6.35. The van der Waals surface area contributed by atoms with Crippen LogP contribution in [0.4, 0.5) is 4.39 Å². The fourth-order valence-corrected chi connectivity index (χ4v) is 3.14. The molecule has 0 aliphatic carbocycles. The van der Waals surface area contributed by atoms with Gasteiger partial charge in [-0.25, -0.2) is 4.39 Å². The molecule has 1 aromatic rings. The average Bonchev–Trinajstić information content (AvgIpc) is 2.43. The summed E-state index contributed by atoms with van der Waals surface area (Å²) in [6, 6.07) is 5.45. The van der Waals surface area contributed by atoms with Gasteiger partial charge in [-0.15, -0.1) is 6.58 Å². The van der Waals surface area contributed by atoms with Crippen LogP contribution in [0.1, 0.15) is 57.1 Å². The highest BCUT2D eigenvalue weighted by atomic mass is 127. The molecule has 0 aliphatic rings. The summed E-state index contributed by atoms with van der Waals surface area (Å²) in [5, 5.41) is 3.59. The number of allylic oxidation sites excluding steroid dienone is 1. The van der Waals surface area contributed by atoms with E-state index in [9.17, 15) is 4.39 Å². The van der Waals surface area contributed by atoms with Crippen LogP contribution in [0.3, 0.4) is 0 Å². The maximum atomic E-state index is 13.2. The van der Waals surface area contributed by atoms with Gasteiger partial charge in [0.15, 0.2) is 0 Å². The molecule has 0 radical (unpaired) electrons. The average molecular weight is 389 g/mol. The Morgan fingerprint density at radius 3 is 2.80 bits per heavy atom. The molecule has 0 aliphatic heterocycles. The topological polar surface area (TPSA) is 12.0 Å². The molecule has 0 amide bonds. The summed E-state index contributed by atoms with van der Waals surface area (Å²) in [7, 11) is 0. The van der Waals surface area contributed by atoms with Crippen LogP contribution >= 0.6 is 22.6 Å². The molecular formula is C17H25FIN. The molecule has 0 heterocycles. The van der Waals surface area contributed by atoms with E-state index in [1.807, 2.05) is 12.1 Å². The van der Waals surface area contributed by atoms with Gasteiger partial charge in [0.2, 0.25) is 0 Å². The first-order chi connectivity index (χ1) is 9.69. The van der Waals surface area contributed by atoms with Crippen LogP contribution in [0.5, 0.6) is 0 Å². The lowest BCUT2D eigenvalue weighted by Crippen LogP contribution is -2.23. The van der Waals surface area contributed by atoms with E-state index in [0.29, 0.717) is 6.04 Å². The Balaban J connectivity index is 2.60. The van der Waals surface area contributed by atoms with Crippen molar-refractivity contribution < 1.29 is 4.39 Å². The molecule has 1 rings (SSSR count). The third-order valence-electron chi connectivity index (χ3n) is 3.38. The normalized spacial score (nSPS) is 12.3. The van der Waals surface area contributed by atoms with Crippen molar-refractivity contribution >= 4 is 22.6 Å². The Labute approximate surface area is 136 Å². The van der Waals surface area contributed by atoms with E-state index in [1.54, 1.807) is 12.1 Å². The summed E-state index contributed by atoms with van der Waals surface area (Å²) in [6.07, 6.45) is 8.95. The van der Waals surface area contributed by atoms with E-state index in [4.69, 9.17) is 0 Å². The summed E-state index contributed by atoms with van der Waals surface area (Å²) in [4.78, 5) is 0. The molecule has 1 aromatic carbocycles. The second-order valence-electron chi connectivity index (χ2n) is 5.10. The van der Waals surface area contributed by atoms with Crippen molar-refractivity contribution in [3.05, 3.63) is 45.8 Å². The number of halogens is 2. The highest BCUT2D eigenvalue weighted by molar-refractivity contribution is 14.1. The third-order valence-corrected chi connectivity index (χ3v) is 4.31. The number of nitrogens with one attached hydrogen (secondary N) is 1. The first kappa shape index (κ1) is 17.6. The molecule has 1 atom stereocenters. The van der Waals surface area contributed by atoms with E-state index in [0.717, 1.165) is 29.4 Å². The van der Waals surface area contributed by atoms with Crippen molar-refractivity contribution in [2.75, 3.05) is 6.54 Å². The lowest BCUT2D eigenvalue weighted by molar-refractivity contribution is 0.469. The first-order valence-electron chi connectivity index (χ1n) is 7.48.